The van der Waals surface area contributed by atoms with Gasteiger partial charge in [-0.3, -0.25) is 0 Å². The van der Waals surface area contributed by atoms with Crippen LogP contribution in [0.1, 0.15) is 0 Å². The van der Waals surface area contributed by atoms with Gasteiger partial charge in [0.1, 0.15) is 11.2 Å². The molecule has 0 saturated heterocycles. The number of benzene rings is 4. The quantitative estimate of drug-likeness (QED) is 0.372. The first-order chi connectivity index (χ1) is 17.3. The molecule has 9 nitrogen and oxygen atoms in total. The molecule has 0 saturated carbocycles. The predicted octanol–water partition coefficient (Wildman–Crippen LogP) is 4.87. The zero-order valence-electron chi connectivity index (χ0n) is 18.2. The van der Waals surface area contributed by atoms with Crippen LogP contribution in [-0.2, 0) is 0 Å². The molecule has 0 aliphatic carbocycles. The van der Waals surface area contributed by atoms with Crippen LogP contribution in [-0.4, -0.2) is 40.4 Å². The Morgan fingerprint density at radius 3 is 1.43 bits per heavy atom. The van der Waals surface area contributed by atoms with Crippen LogP contribution < -0.4 is 0 Å². The Hall–Kier alpha value is -5.18. The van der Waals surface area contributed by atoms with E-state index in [0.29, 0.717) is 11.6 Å². The highest BCUT2D eigenvalue weighted by Crippen LogP contribution is 2.33. The van der Waals surface area contributed by atoms with Crippen molar-refractivity contribution in [2.24, 2.45) is 0 Å². The van der Waals surface area contributed by atoms with Gasteiger partial charge in [0.25, 0.3) is 0 Å². The number of tetrazole rings is 2. The van der Waals surface area contributed by atoms with E-state index < -0.39 is 0 Å². The minimum Gasteiger partial charge on any atom is -0.456 e. The first-order valence-electron chi connectivity index (χ1n) is 11.0. The molecule has 0 spiro atoms. The van der Waals surface area contributed by atoms with Gasteiger partial charge in [-0.05, 0) is 57.3 Å². The number of hydrogen-bond acceptors (Lipinski definition) is 7. The molecule has 9 heteroatoms. The van der Waals surface area contributed by atoms with E-state index in [4.69, 9.17) is 4.42 Å². The largest absolute Gasteiger partial charge is 0.456 e. The maximum atomic E-state index is 6.11. The second kappa shape index (κ2) is 7.70. The molecular weight excluding hydrogens is 440 g/mol. The third-order valence-electron chi connectivity index (χ3n) is 5.93. The molecule has 0 amide bonds. The molecule has 0 N–H and O–H groups in total. The number of fused-ring (bicyclic) bond motifs is 3. The Labute approximate surface area is 198 Å². The minimum atomic E-state index is 0.666. The van der Waals surface area contributed by atoms with Gasteiger partial charge in [0, 0.05) is 21.9 Å². The summed E-state index contributed by atoms with van der Waals surface area (Å²) in [6, 6.07) is 31.6. The highest BCUT2D eigenvalue weighted by atomic mass is 16.3. The van der Waals surface area contributed by atoms with Gasteiger partial charge in [-0.15, -0.1) is 10.2 Å². The highest BCUT2D eigenvalue weighted by molar-refractivity contribution is 6.06. The predicted molar refractivity (Wildman–Crippen MR) is 130 cm³/mol. The Kier molecular flexibility index (Phi) is 4.25. The fourth-order valence-electron chi connectivity index (χ4n) is 4.27. The van der Waals surface area contributed by atoms with E-state index in [2.05, 4.69) is 31.1 Å². The average Bonchev–Trinajstić information content (AvgIpc) is 3.67. The summed E-state index contributed by atoms with van der Waals surface area (Å²) >= 11 is 0. The van der Waals surface area contributed by atoms with Crippen molar-refractivity contribution in [1.29, 1.82) is 0 Å². The van der Waals surface area contributed by atoms with Gasteiger partial charge in [0.2, 0.25) is 0 Å². The van der Waals surface area contributed by atoms with E-state index in [1.54, 1.807) is 9.36 Å². The summed E-state index contributed by atoms with van der Waals surface area (Å²) in [5.41, 5.74) is 5.09. The van der Waals surface area contributed by atoms with E-state index in [1.807, 2.05) is 97.1 Å². The Morgan fingerprint density at radius 2 is 0.971 bits per heavy atom. The summed E-state index contributed by atoms with van der Waals surface area (Å²) in [7, 11) is 0. The highest BCUT2D eigenvalue weighted by Gasteiger charge is 2.16. The van der Waals surface area contributed by atoms with Crippen LogP contribution in [0.3, 0.4) is 0 Å². The van der Waals surface area contributed by atoms with Crippen molar-refractivity contribution in [2.45, 2.75) is 0 Å². The molecular formula is C26H16N8O. The molecule has 3 heterocycles. The summed E-state index contributed by atoms with van der Waals surface area (Å²) in [5, 5.41) is 26.6. The van der Waals surface area contributed by atoms with Gasteiger partial charge in [-0.1, -0.05) is 60.7 Å². The van der Waals surface area contributed by atoms with E-state index in [1.165, 1.54) is 0 Å². The monoisotopic (exact) mass is 456 g/mol. The van der Waals surface area contributed by atoms with E-state index in [9.17, 15) is 0 Å². The smallest absolute Gasteiger partial charge is 0.187 e. The first-order valence-corrected chi connectivity index (χ1v) is 11.0. The summed E-state index contributed by atoms with van der Waals surface area (Å²) in [6.45, 7) is 0. The molecule has 0 atom stereocenters. The third-order valence-corrected chi connectivity index (χ3v) is 5.93. The molecule has 0 fully saturated rings. The lowest BCUT2D eigenvalue weighted by Crippen LogP contribution is -2.00. The number of hydrogen-bond donors (Lipinski definition) is 0. The summed E-state index contributed by atoms with van der Waals surface area (Å²) in [5.74, 6) is 1.33. The number of nitrogens with zero attached hydrogens (tertiary/aromatic N) is 8. The first kappa shape index (κ1) is 19.3. The SMILES string of the molecule is c1ccc(-c2nnnn2-c2ccc3oc4ccc(-n5nnnc5-c5ccccc5)cc4c3c2)cc1. The van der Waals surface area contributed by atoms with Gasteiger partial charge in [0.05, 0.1) is 11.4 Å². The van der Waals surface area contributed by atoms with Crippen LogP contribution in [0.5, 0.6) is 0 Å². The molecule has 0 unspecified atom stereocenters. The second-order valence-corrected chi connectivity index (χ2v) is 8.02. The number of furan rings is 1. The van der Waals surface area contributed by atoms with Gasteiger partial charge in [0.15, 0.2) is 11.6 Å². The minimum absolute atomic E-state index is 0.666. The maximum absolute atomic E-state index is 6.11. The number of aromatic nitrogens is 8. The molecule has 0 aliphatic heterocycles. The zero-order valence-corrected chi connectivity index (χ0v) is 18.2. The van der Waals surface area contributed by atoms with E-state index >= 15 is 0 Å². The van der Waals surface area contributed by atoms with Crippen LogP contribution >= 0.6 is 0 Å². The van der Waals surface area contributed by atoms with Crippen molar-refractivity contribution < 1.29 is 4.42 Å². The van der Waals surface area contributed by atoms with Crippen molar-refractivity contribution in [3.05, 3.63) is 97.1 Å². The molecule has 166 valence electrons. The molecule has 0 bridgehead atoms. The van der Waals surface area contributed by atoms with Gasteiger partial charge in [-0.25, -0.2) is 0 Å². The van der Waals surface area contributed by atoms with Crippen LogP contribution in [0.15, 0.2) is 101 Å². The van der Waals surface area contributed by atoms with Crippen LogP contribution in [0.2, 0.25) is 0 Å². The third kappa shape index (κ3) is 3.17. The molecule has 3 aromatic heterocycles. The lowest BCUT2D eigenvalue weighted by molar-refractivity contribution is 0.668. The topological polar surface area (TPSA) is 100 Å². The van der Waals surface area contributed by atoms with E-state index in [0.717, 1.165) is 44.4 Å². The van der Waals surface area contributed by atoms with Crippen LogP contribution in [0.25, 0.3) is 56.1 Å². The summed E-state index contributed by atoms with van der Waals surface area (Å²) in [6.07, 6.45) is 0. The Bertz CT molecular complexity index is 1670. The fraction of sp³-hybridized carbons (Fsp3) is 0. The van der Waals surface area contributed by atoms with Crippen molar-refractivity contribution in [3.8, 4) is 34.2 Å². The Morgan fingerprint density at radius 1 is 0.514 bits per heavy atom. The van der Waals surface area contributed by atoms with Crippen LogP contribution in [0.4, 0.5) is 0 Å². The standard InChI is InChI=1S/C26H16N8O/c1-3-7-17(8-4-1)25-27-29-31-33(25)19-11-13-23-21(15-19)22-16-20(12-14-24(22)35-23)34-26(28-30-32-34)18-9-5-2-6-10-18/h1-16H. The van der Waals surface area contributed by atoms with Crippen molar-refractivity contribution >= 4 is 21.9 Å². The van der Waals surface area contributed by atoms with Gasteiger partial charge in [-0.2, -0.15) is 9.36 Å². The molecule has 0 radical (unpaired) electrons. The fourth-order valence-corrected chi connectivity index (χ4v) is 4.27. The summed E-state index contributed by atoms with van der Waals surface area (Å²) in [4.78, 5) is 0. The average molecular weight is 456 g/mol. The van der Waals surface area contributed by atoms with Gasteiger partial charge < -0.3 is 4.42 Å². The molecule has 4 aromatic carbocycles. The second-order valence-electron chi connectivity index (χ2n) is 8.02. The van der Waals surface area contributed by atoms with Gasteiger partial charge >= 0.3 is 0 Å². The molecule has 0 aliphatic rings. The lowest BCUT2D eigenvalue weighted by Gasteiger charge is -2.05. The van der Waals surface area contributed by atoms with Crippen molar-refractivity contribution in [2.75, 3.05) is 0 Å². The molecule has 35 heavy (non-hydrogen) atoms. The van der Waals surface area contributed by atoms with Crippen LogP contribution in [0, 0.1) is 0 Å². The van der Waals surface area contributed by atoms with Crippen molar-refractivity contribution in [3.63, 3.8) is 0 Å². The van der Waals surface area contributed by atoms with E-state index in [-0.39, 0.29) is 0 Å². The van der Waals surface area contributed by atoms with Crippen molar-refractivity contribution in [1.82, 2.24) is 40.4 Å². The number of rotatable bonds is 4. The summed E-state index contributed by atoms with van der Waals surface area (Å²) < 4.78 is 9.56. The molecule has 7 aromatic rings. The molecule has 7 rings (SSSR count). The lowest BCUT2D eigenvalue weighted by atomic mass is 10.1. The Balaban J connectivity index is 1.37. The normalized spacial score (nSPS) is 11.4. The maximum Gasteiger partial charge on any atom is 0.187 e. The zero-order chi connectivity index (χ0) is 23.2.